The lowest BCUT2D eigenvalue weighted by molar-refractivity contribution is 0.282. The van der Waals surface area contributed by atoms with E-state index in [0.29, 0.717) is 6.61 Å². The van der Waals surface area contributed by atoms with Gasteiger partial charge in [0.15, 0.2) is 0 Å². The zero-order valence-electron chi connectivity index (χ0n) is 6.00. The second-order valence-corrected chi connectivity index (χ2v) is 1.89. The molecule has 0 saturated carbocycles. The predicted molar refractivity (Wildman–Crippen MR) is 36.8 cm³/mol. The van der Waals surface area contributed by atoms with Crippen LogP contribution in [0.15, 0.2) is 24.3 Å². The van der Waals surface area contributed by atoms with E-state index >= 15 is 0 Å². The van der Waals surface area contributed by atoms with Gasteiger partial charge in [0, 0.05) is 5.69 Å². The lowest BCUT2D eigenvalue weighted by Crippen LogP contribution is -1.85. The Hall–Kier alpha value is -1.02. The quantitative estimate of drug-likeness (QED) is 0.572. The van der Waals surface area contributed by atoms with E-state index in [2.05, 4.69) is 5.11 Å². The van der Waals surface area contributed by atoms with Gasteiger partial charge in [-0.15, -0.1) is 0 Å². The highest BCUT2D eigenvalue weighted by Gasteiger charge is 1.86. The van der Waals surface area contributed by atoms with E-state index in [1.165, 1.54) is 0 Å². The minimum absolute atomic E-state index is 0.320. The monoisotopic (exact) mass is 124 g/mol. The van der Waals surface area contributed by atoms with Crippen molar-refractivity contribution in [3.63, 3.8) is 0 Å². The fourth-order valence-corrected chi connectivity index (χ4v) is 0.614. The molecule has 2 nitrogen and oxygen atoms in total. The van der Waals surface area contributed by atoms with E-state index in [9.17, 15) is 0 Å². The summed E-state index contributed by atoms with van der Waals surface area (Å²) < 4.78 is 6.46. The molecule has 9 heavy (non-hydrogen) atoms. The van der Waals surface area contributed by atoms with Crippen LogP contribution in [0.1, 0.15) is 5.56 Å². The van der Waals surface area contributed by atoms with E-state index in [0.717, 1.165) is 11.3 Å². The van der Waals surface area contributed by atoms with Gasteiger partial charge in [-0.1, -0.05) is 12.1 Å². The van der Waals surface area contributed by atoms with Gasteiger partial charge in [-0.3, -0.25) is 0 Å². The van der Waals surface area contributed by atoms with Crippen LogP contribution < -0.4 is 5.73 Å². The first kappa shape index (κ1) is 4.82. The minimum Gasteiger partial charge on any atom is -0.399 e. The van der Waals surface area contributed by atoms with Crippen LogP contribution in [0.5, 0.6) is 0 Å². The first-order chi connectivity index (χ1) is 4.83. The van der Waals surface area contributed by atoms with Crippen LogP contribution in [0.4, 0.5) is 5.69 Å². The molecule has 0 spiro atoms. The highest BCUT2D eigenvalue weighted by Crippen LogP contribution is 2.03. The summed E-state index contributed by atoms with van der Waals surface area (Å²) in [4.78, 5) is 0. The summed E-state index contributed by atoms with van der Waals surface area (Å²) in [5.74, 6) is 0. The molecule has 0 aliphatic heterocycles. The van der Waals surface area contributed by atoms with Gasteiger partial charge in [-0.05, 0) is 17.7 Å². The highest BCUT2D eigenvalue weighted by molar-refractivity contribution is 5.38. The van der Waals surface area contributed by atoms with Gasteiger partial charge < -0.3 is 10.8 Å². The average Bonchev–Trinajstić information content (AvgIpc) is 1.95. The molecule has 0 radical (unpaired) electrons. The first-order valence-corrected chi connectivity index (χ1v) is 2.75. The fraction of sp³-hybridized carbons (Fsp3) is 0.143. The van der Waals surface area contributed by atoms with Crippen molar-refractivity contribution < 1.29 is 5.11 Å². The van der Waals surface area contributed by atoms with E-state index in [-0.39, 0.29) is 0 Å². The molecule has 3 N–H and O–H groups in total. The lowest BCUT2D eigenvalue weighted by Gasteiger charge is -1.94. The average molecular weight is 124 g/mol. The summed E-state index contributed by atoms with van der Waals surface area (Å²) in [6.07, 6.45) is 0. The summed E-state index contributed by atoms with van der Waals surface area (Å²) in [6, 6.07) is 7.25. The summed E-state index contributed by atoms with van der Waals surface area (Å²) in [5, 5.41) is 4.18. The van der Waals surface area contributed by atoms with Gasteiger partial charge >= 0.3 is 0 Å². The number of nitrogen functional groups attached to an aromatic ring is 1. The number of rotatable bonds is 2. The largest absolute Gasteiger partial charge is 0.399 e. The molecule has 1 aromatic rings. The molecule has 1 rings (SSSR count). The zero-order chi connectivity index (χ0) is 7.40. The van der Waals surface area contributed by atoms with Gasteiger partial charge in [-0.25, -0.2) is 0 Å². The molecular weight excluding hydrogens is 114 g/mol. The number of hydrogen-bond acceptors (Lipinski definition) is 2. The van der Waals surface area contributed by atoms with Gasteiger partial charge in [-0.2, -0.15) is 0 Å². The molecule has 0 saturated heterocycles. The number of anilines is 1. The van der Waals surface area contributed by atoms with Gasteiger partial charge in [0.1, 0.15) is 0 Å². The Balaban J connectivity index is 2.69. The zero-order valence-corrected chi connectivity index (χ0v) is 5.00. The third-order valence-electron chi connectivity index (χ3n) is 1.15. The van der Waals surface area contributed by atoms with E-state index in [4.69, 9.17) is 7.16 Å². The van der Waals surface area contributed by atoms with E-state index < -0.39 is 0 Å². The van der Waals surface area contributed by atoms with Crippen LogP contribution >= 0.6 is 0 Å². The molecule has 0 aliphatic carbocycles. The summed E-state index contributed by atoms with van der Waals surface area (Å²) in [5.41, 5.74) is 7.13. The SMILES string of the molecule is [2H]OCc1ccc(N)cc1. The molecule has 0 amide bonds. The number of benzene rings is 1. The molecule has 48 valence electrons. The molecule has 0 unspecified atom stereocenters. The van der Waals surface area contributed by atoms with E-state index in [1.54, 1.807) is 12.1 Å². The Labute approximate surface area is 55.4 Å². The van der Waals surface area contributed by atoms with Gasteiger partial charge in [0.05, 0.1) is 6.61 Å². The highest BCUT2D eigenvalue weighted by atomic mass is 16.3. The maximum absolute atomic E-state index is 6.46. The number of aliphatic hydroxyl groups excluding tert-OH is 1. The van der Waals surface area contributed by atoms with Crippen molar-refractivity contribution in [3.8, 4) is 0 Å². The van der Waals surface area contributed by atoms with Gasteiger partial charge in [0.25, 0.3) is 0 Å². The second kappa shape index (κ2) is 2.51. The molecule has 0 fully saturated rings. The Morgan fingerprint density at radius 1 is 1.44 bits per heavy atom. The molecule has 1 aromatic carbocycles. The molecular formula is C7H9NO. The third-order valence-corrected chi connectivity index (χ3v) is 1.15. The maximum atomic E-state index is 6.46. The standard InChI is InChI=1S/C7H9NO/c8-7-3-1-6(5-9)2-4-7/h1-4,9H,5,8H2/i9D. The van der Waals surface area contributed by atoms with Crippen LogP contribution in [0.2, 0.25) is 0 Å². The Kier molecular flexibility index (Phi) is 1.34. The van der Waals surface area contributed by atoms with Crippen molar-refractivity contribution in [2.45, 2.75) is 6.61 Å². The predicted octanol–water partition coefficient (Wildman–Crippen LogP) is 0.761. The molecule has 0 atom stereocenters. The molecule has 0 aromatic heterocycles. The Bertz CT molecular complexity index is 197. The normalized spacial score (nSPS) is 10.9. The van der Waals surface area contributed by atoms with Crippen molar-refractivity contribution in [3.05, 3.63) is 29.8 Å². The molecule has 0 bridgehead atoms. The first-order valence-electron chi connectivity index (χ1n) is 3.16. The molecule has 0 aliphatic rings. The van der Waals surface area contributed by atoms with Crippen LogP contribution in [-0.4, -0.2) is 6.54 Å². The van der Waals surface area contributed by atoms with Crippen molar-refractivity contribution in [1.82, 2.24) is 0 Å². The minimum atomic E-state index is 0.320. The summed E-state index contributed by atoms with van der Waals surface area (Å²) in [7, 11) is 0. The molecule has 2 heteroatoms. The topological polar surface area (TPSA) is 46.2 Å². The second-order valence-electron chi connectivity index (χ2n) is 1.89. The number of nitrogens with two attached hydrogens (primary N) is 1. The Morgan fingerprint density at radius 2 is 2.11 bits per heavy atom. The van der Waals surface area contributed by atoms with Crippen molar-refractivity contribution >= 4 is 5.69 Å². The fourth-order valence-electron chi connectivity index (χ4n) is 0.614. The van der Waals surface area contributed by atoms with Crippen molar-refractivity contribution in [1.29, 1.82) is 1.43 Å². The summed E-state index contributed by atoms with van der Waals surface area (Å²) in [6.45, 7) is 0.320. The van der Waals surface area contributed by atoms with Gasteiger partial charge in [0.2, 0.25) is 1.43 Å². The number of aliphatic hydroxyl groups is 1. The van der Waals surface area contributed by atoms with Crippen molar-refractivity contribution in [2.24, 2.45) is 0 Å². The maximum Gasteiger partial charge on any atom is 0.211 e. The van der Waals surface area contributed by atoms with Crippen LogP contribution in [-0.2, 0) is 6.61 Å². The van der Waals surface area contributed by atoms with Crippen LogP contribution in [0, 0.1) is 0 Å². The lowest BCUT2D eigenvalue weighted by atomic mass is 10.2. The molecule has 0 heterocycles. The Morgan fingerprint density at radius 3 is 2.67 bits per heavy atom. The third kappa shape index (κ3) is 1.44. The van der Waals surface area contributed by atoms with Crippen molar-refractivity contribution in [2.75, 3.05) is 5.73 Å². The van der Waals surface area contributed by atoms with Crippen LogP contribution in [0.3, 0.4) is 0 Å². The summed E-state index contributed by atoms with van der Waals surface area (Å²) >= 11 is 0. The number of hydrogen-bond donors (Lipinski definition) is 2. The smallest absolute Gasteiger partial charge is 0.211 e. The van der Waals surface area contributed by atoms with E-state index in [1.807, 2.05) is 12.1 Å². The van der Waals surface area contributed by atoms with Crippen LogP contribution in [0.25, 0.3) is 0 Å².